The summed E-state index contributed by atoms with van der Waals surface area (Å²) < 4.78 is 6.83. The van der Waals surface area contributed by atoms with E-state index in [4.69, 9.17) is 4.43 Å². The van der Waals surface area contributed by atoms with Crippen LogP contribution in [0.5, 0.6) is 0 Å². The molecule has 0 amide bonds. The van der Waals surface area contributed by atoms with E-state index >= 15 is 0 Å². The van der Waals surface area contributed by atoms with Crippen LogP contribution in [-0.4, -0.2) is 14.4 Å². The molecule has 0 bridgehead atoms. The van der Waals surface area contributed by atoms with E-state index in [1.54, 1.807) is 0 Å². The van der Waals surface area contributed by atoms with E-state index in [0.29, 0.717) is 6.10 Å². The van der Waals surface area contributed by atoms with Crippen LogP contribution in [0.4, 0.5) is 0 Å². The highest BCUT2D eigenvalue weighted by Gasteiger charge is 2.38. The molecule has 2 rings (SSSR count). The maximum Gasteiger partial charge on any atom is 0.190 e. The second-order valence-corrected chi connectivity index (χ2v) is 13.6. The van der Waals surface area contributed by atoms with Gasteiger partial charge in [-0.1, -0.05) is 78.1 Å². The lowest BCUT2D eigenvalue weighted by Crippen LogP contribution is -2.42. The van der Waals surface area contributed by atoms with Gasteiger partial charge in [0.1, 0.15) is 0 Å². The second kappa shape index (κ2) is 10.4. The Kier molecular flexibility index (Phi) is 8.84. The highest BCUT2D eigenvalue weighted by Crippen LogP contribution is 2.43. The Hall–Kier alpha value is 0.177. The zero-order valence-electron chi connectivity index (χ0n) is 17.1. The normalized spacial score (nSPS) is 32.0. The molecule has 142 valence electrons. The molecule has 1 nitrogen and oxygen atoms in total. The summed E-state index contributed by atoms with van der Waals surface area (Å²) in [5.41, 5.74) is 0.924. The third-order valence-corrected chi connectivity index (χ3v) is 10.5. The van der Waals surface area contributed by atoms with Gasteiger partial charge in [0.15, 0.2) is 8.32 Å². The van der Waals surface area contributed by atoms with E-state index in [2.05, 4.69) is 26.9 Å². The monoisotopic (exact) mass is 352 g/mol. The Bertz CT molecular complexity index is 325. The summed E-state index contributed by atoms with van der Waals surface area (Å²) in [7, 11) is -1.50. The average molecular weight is 353 g/mol. The molecule has 0 unspecified atom stereocenters. The minimum Gasteiger partial charge on any atom is -0.414 e. The molecule has 2 aliphatic carbocycles. The maximum absolute atomic E-state index is 6.83. The molecule has 0 aromatic rings. The first-order valence-electron chi connectivity index (χ1n) is 11.2. The van der Waals surface area contributed by atoms with Crippen LogP contribution in [0.2, 0.25) is 18.6 Å². The third-order valence-electron chi connectivity index (χ3n) is 7.03. The van der Waals surface area contributed by atoms with Crippen molar-refractivity contribution in [3.63, 3.8) is 0 Å². The predicted octanol–water partition coefficient (Wildman–Crippen LogP) is 7.71. The van der Waals surface area contributed by atoms with Crippen molar-refractivity contribution >= 4 is 8.32 Å². The van der Waals surface area contributed by atoms with Crippen LogP contribution in [0, 0.1) is 11.8 Å². The Labute approximate surface area is 153 Å². The maximum atomic E-state index is 6.83. The van der Waals surface area contributed by atoms with Crippen LogP contribution in [0.3, 0.4) is 0 Å². The Morgan fingerprint density at radius 3 is 1.62 bits per heavy atom. The van der Waals surface area contributed by atoms with Crippen LogP contribution in [0.15, 0.2) is 0 Å². The van der Waals surface area contributed by atoms with Crippen molar-refractivity contribution in [2.45, 2.75) is 128 Å². The van der Waals surface area contributed by atoms with Gasteiger partial charge in [0, 0.05) is 6.10 Å². The van der Waals surface area contributed by atoms with Gasteiger partial charge in [-0.15, -0.1) is 0 Å². The quantitative estimate of drug-likeness (QED) is 0.386. The molecule has 2 fully saturated rings. The average Bonchev–Trinajstić information content (AvgIpc) is 2.59. The first kappa shape index (κ1) is 20.5. The highest BCUT2D eigenvalue weighted by atomic mass is 28.4. The van der Waals surface area contributed by atoms with Gasteiger partial charge in [-0.05, 0) is 56.2 Å². The molecule has 0 saturated heterocycles. The summed E-state index contributed by atoms with van der Waals surface area (Å²) in [4.78, 5) is 0. The van der Waals surface area contributed by atoms with Gasteiger partial charge in [-0.3, -0.25) is 0 Å². The van der Waals surface area contributed by atoms with E-state index in [1.807, 2.05) is 0 Å². The van der Waals surface area contributed by atoms with Gasteiger partial charge in [0.2, 0.25) is 0 Å². The van der Waals surface area contributed by atoms with Gasteiger partial charge in [-0.25, -0.2) is 0 Å². The first-order valence-corrected chi connectivity index (χ1v) is 14.2. The van der Waals surface area contributed by atoms with Crippen molar-refractivity contribution < 1.29 is 4.43 Å². The zero-order chi connectivity index (χ0) is 17.4. The second-order valence-electron chi connectivity index (χ2n) is 9.37. The van der Waals surface area contributed by atoms with E-state index in [0.717, 1.165) is 17.4 Å². The molecule has 0 aromatic heterocycles. The standard InChI is InChI=1S/C22H44OSi/c1-5-7-9-19-11-15-21(16-12-19)23-24(3,4)22-17-13-20(14-18-22)10-8-6-2/h19-22H,5-18H2,1-4H3. The molecule has 0 N–H and O–H groups in total. The van der Waals surface area contributed by atoms with Crippen molar-refractivity contribution in [3.8, 4) is 0 Å². The van der Waals surface area contributed by atoms with E-state index < -0.39 is 8.32 Å². The Balaban J connectivity index is 1.70. The number of unbranched alkanes of at least 4 members (excludes halogenated alkanes) is 2. The fraction of sp³-hybridized carbons (Fsp3) is 1.00. The van der Waals surface area contributed by atoms with Crippen LogP contribution in [-0.2, 0) is 4.43 Å². The summed E-state index contributed by atoms with van der Waals surface area (Å²) in [6.45, 7) is 9.69. The molecular weight excluding hydrogens is 308 g/mol. The molecule has 2 aliphatic rings. The van der Waals surface area contributed by atoms with E-state index in [9.17, 15) is 0 Å². The molecule has 24 heavy (non-hydrogen) atoms. The third kappa shape index (κ3) is 6.48. The van der Waals surface area contributed by atoms with Crippen molar-refractivity contribution in [1.29, 1.82) is 0 Å². The topological polar surface area (TPSA) is 9.23 Å². The summed E-state index contributed by atoms with van der Waals surface area (Å²) in [6, 6.07) is 0. The number of rotatable bonds is 9. The van der Waals surface area contributed by atoms with Crippen LogP contribution in [0.25, 0.3) is 0 Å². The largest absolute Gasteiger partial charge is 0.414 e. The fourth-order valence-corrected chi connectivity index (χ4v) is 8.21. The van der Waals surface area contributed by atoms with Gasteiger partial charge < -0.3 is 4.43 Å². The van der Waals surface area contributed by atoms with Crippen LogP contribution < -0.4 is 0 Å². The molecule has 0 heterocycles. The molecule has 0 aromatic carbocycles. The van der Waals surface area contributed by atoms with Crippen LogP contribution in [0.1, 0.15) is 104 Å². The highest BCUT2D eigenvalue weighted by molar-refractivity contribution is 6.72. The summed E-state index contributed by atoms with van der Waals surface area (Å²) in [5, 5.41) is 0. The first-order chi connectivity index (χ1) is 11.5. The van der Waals surface area contributed by atoms with E-state index in [-0.39, 0.29) is 0 Å². The minimum atomic E-state index is -1.50. The van der Waals surface area contributed by atoms with Crippen molar-refractivity contribution in [1.82, 2.24) is 0 Å². The minimum absolute atomic E-state index is 0.599. The van der Waals surface area contributed by atoms with Gasteiger partial charge in [-0.2, -0.15) is 0 Å². The lowest BCUT2D eigenvalue weighted by Gasteiger charge is -2.41. The Morgan fingerprint density at radius 2 is 1.17 bits per heavy atom. The molecular formula is C22H44OSi. The molecule has 0 atom stereocenters. The van der Waals surface area contributed by atoms with Crippen molar-refractivity contribution in [2.75, 3.05) is 0 Å². The molecule has 0 spiro atoms. The predicted molar refractivity (Wildman–Crippen MR) is 109 cm³/mol. The van der Waals surface area contributed by atoms with Crippen molar-refractivity contribution in [3.05, 3.63) is 0 Å². The summed E-state index contributed by atoms with van der Waals surface area (Å²) in [6.07, 6.45) is 20.6. The van der Waals surface area contributed by atoms with E-state index in [1.165, 1.54) is 89.9 Å². The molecule has 2 heteroatoms. The fourth-order valence-electron chi connectivity index (χ4n) is 5.20. The van der Waals surface area contributed by atoms with Gasteiger partial charge >= 0.3 is 0 Å². The smallest absolute Gasteiger partial charge is 0.190 e. The number of hydrogen-bond donors (Lipinski definition) is 0. The SMILES string of the molecule is CCCCC1CCC(O[Si](C)(C)C2CCC(CCCC)CC2)CC1. The Morgan fingerprint density at radius 1 is 0.708 bits per heavy atom. The molecule has 0 radical (unpaired) electrons. The molecule has 0 aliphatic heterocycles. The lowest BCUT2D eigenvalue weighted by atomic mass is 9.84. The van der Waals surface area contributed by atoms with Crippen molar-refractivity contribution in [2.24, 2.45) is 11.8 Å². The van der Waals surface area contributed by atoms with Gasteiger partial charge in [0.25, 0.3) is 0 Å². The summed E-state index contributed by atoms with van der Waals surface area (Å²) in [5.74, 6) is 2.03. The van der Waals surface area contributed by atoms with Crippen LogP contribution >= 0.6 is 0 Å². The molecule has 2 saturated carbocycles. The zero-order valence-corrected chi connectivity index (χ0v) is 18.1. The summed E-state index contributed by atoms with van der Waals surface area (Å²) >= 11 is 0. The number of hydrogen-bond acceptors (Lipinski definition) is 1. The van der Waals surface area contributed by atoms with Gasteiger partial charge in [0.05, 0.1) is 0 Å². The lowest BCUT2D eigenvalue weighted by molar-refractivity contribution is 0.114.